The molecule has 1 aromatic heterocycles. The number of hydrogen-bond acceptors (Lipinski definition) is 4. The van der Waals surface area contributed by atoms with Crippen molar-refractivity contribution in [1.29, 1.82) is 0 Å². The van der Waals surface area contributed by atoms with Crippen molar-refractivity contribution in [3.8, 4) is 5.69 Å². The van der Waals surface area contributed by atoms with Gasteiger partial charge in [-0.1, -0.05) is 42.5 Å². The summed E-state index contributed by atoms with van der Waals surface area (Å²) in [6.45, 7) is 5.13. The molecule has 31 heavy (non-hydrogen) atoms. The highest BCUT2D eigenvalue weighted by Crippen LogP contribution is 2.15. The van der Waals surface area contributed by atoms with Gasteiger partial charge in [-0.2, -0.15) is 0 Å². The van der Waals surface area contributed by atoms with Gasteiger partial charge < -0.3 is 10.1 Å². The second kappa shape index (κ2) is 9.30. The predicted octanol–water partition coefficient (Wildman–Crippen LogP) is 3.38. The van der Waals surface area contributed by atoms with E-state index in [9.17, 15) is 14.4 Å². The summed E-state index contributed by atoms with van der Waals surface area (Å²) in [7, 11) is 1.74. The Hall–Kier alpha value is -3.87. The zero-order valence-corrected chi connectivity index (χ0v) is 18.0. The van der Waals surface area contributed by atoms with Crippen molar-refractivity contribution in [2.45, 2.75) is 26.9 Å². The van der Waals surface area contributed by atoms with E-state index in [4.69, 9.17) is 4.74 Å². The quantitative estimate of drug-likeness (QED) is 0.491. The van der Waals surface area contributed by atoms with E-state index in [0.29, 0.717) is 11.4 Å². The number of hydrogen-bond donors (Lipinski definition) is 1. The number of carbonyl (C=O) groups is 2. The molecular weight excluding hydrogens is 394 g/mol. The molecule has 0 spiro atoms. The van der Waals surface area contributed by atoms with Gasteiger partial charge >= 0.3 is 5.97 Å². The van der Waals surface area contributed by atoms with Crippen LogP contribution >= 0.6 is 0 Å². The second-order valence-electron chi connectivity index (χ2n) is 7.19. The van der Waals surface area contributed by atoms with Crippen LogP contribution in [0.5, 0.6) is 0 Å². The van der Waals surface area contributed by atoms with E-state index in [-0.39, 0.29) is 11.2 Å². The van der Waals surface area contributed by atoms with Gasteiger partial charge in [-0.05, 0) is 50.1 Å². The average molecular weight is 419 g/mol. The van der Waals surface area contributed by atoms with Gasteiger partial charge in [0.15, 0.2) is 6.10 Å². The van der Waals surface area contributed by atoms with Gasteiger partial charge in [0, 0.05) is 13.1 Å². The fraction of sp³-hybridized carbons (Fsp3) is 0.208. The topological polar surface area (TPSA) is 82.3 Å². The number of ether oxygens (including phenoxy) is 1. The molecule has 1 heterocycles. The minimum atomic E-state index is -1.07. The molecule has 0 saturated heterocycles. The van der Waals surface area contributed by atoms with Gasteiger partial charge in [-0.3, -0.25) is 14.3 Å². The molecule has 7 nitrogen and oxygen atoms in total. The first-order valence-corrected chi connectivity index (χ1v) is 9.88. The summed E-state index contributed by atoms with van der Waals surface area (Å²) in [5.41, 5.74) is 2.95. The van der Waals surface area contributed by atoms with E-state index in [1.54, 1.807) is 36.9 Å². The largest absolute Gasteiger partial charge is 0.449 e. The molecule has 1 atom stereocenters. The van der Waals surface area contributed by atoms with Crippen molar-refractivity contribution in [2.75, 3.05) is 5.32 Å². The maximum Gasteiger partial charge on any atom is 0.331 e. The normalized spacial score (nSPS) is 12.0. The van der Waals surface area contributed by atoms with Gasteiger partial charge in [0.1, 0.15) is 5.69 Å². The molecular formula is C24H25N3O4. The van der Waals surface area contributed by atoms with Crippen LogP contribution in [0.15, 0.2) is 65.5 Å². The zero-order valence-electron chi connectivity index (χ0n) is 18.0. The summed E-state index contributed by atoms with van der Waals surface area (Å²) in [5.74, 6) is -1.22. The number of esters is 1. The van der Waals surface area contributed by atoms with Crippen LogP contribution < -0.4 is 10.9 Å². The number of aromatic nitrogens is 2. The highest BCUT2D eigenvalue weighted by Gasteiger charge is 2.22. The van der Waals surface area contributed by atoms with E-state index in [1.807, 2.05) is 49.4 Å². The number of nitrogens with zero attached hydrogens (tertiary/aromatic N) is 2. The van der Waals surface area contributed by atoms with Crippen LogP contribution in [-0.4, -0.2) is 27.3 Å². The molecule has 0 fully saturated rings. The maximum atomic E-state index is 12.9. The predicted molar refractivity (Wildman–Crippen MR) is 120 cm³/mol. The molecule has 1 amide bonds. The summed E-state index contributed by atoms with van der Waals surface area (Å²) < 4.78 is 8.32. The first-order chi connectivity index (χ1) is 14.8. The molecule has 0 aliphatic heterocycles. The van der Waals surface area contributed by atoms with Crippen molar-refractivity contribution < 1.29 is 14.3 Å². The fourth-order valence-electron chi connectivity index (χ4n) is 3.14. The van der Waals surface area contributed by atoms with E-state index in [2.05, 4.69) is 5.32 Å². The van der Waals surface area contributed by atoms with Crippen molar-refractivity contribution >= 4 is 23.6 Å². The van der Waals surface area contributed by atoms with E-state index in [1.165, 1.54) is 17.7 Å². The van der Waals surface area contributed by atoms with E-state index < -0.39 is 18.0 Å². The Kier molecular flexibility index (Phi) is 6.55. The third-order valence-corrected chi connectivity index (χ3v) is 5.05. The summed E-state index contributed by atoms with van der Waals surface area (Å²) in [4.78, 5) is 37.6. The van der Waals surface area contributed by atoms with Crippen molar-refractivity contribution in [2.24, 2.45) is 7.05 Å². The van der Waals surface area contributed by atoms with Crippen LogP contribution in [0.1, 0.15) is 23.7 Å². The number of aryl methyl sites for hydroxylation is 1. The summed E-state index contributed by atoms with van der Waals surface area (Å²) in [6.07, 6.45) is 1.85. The van der Waals surface area contributed by atoms with Crippen molar-refractivity contribution in [1.82, 2.24) is 9.36 Å². The lowest BCUT2D eigenvalue weighted by molar-refractivity contribution is -0.148. The highest BCUT2D eigenvalue weighted by molar-refractivity contribution is 5.97. The van der Waals surface area contributed by atoms with Gasteiger partial charge in [-0.25, -0.2) is 9.48 Å². The number of para-hydroxylation sites is 1. The Morgan fingerprint density at radius 2 is 1.68 bits per heavy atom. The number of nitrogens with one attached hydrogen (secondary N) is 1. The molecule has 0 saturated carbocycles. The molecule has 160 valence electrons. The van der Waals surface area contributed by atoms with Gasteiger partial charge in [-0.15, -0.1) is 0 Å². The van der Waals surface area contributed by atoms with Crippen LogP contribution in [0.3, 0.4) is 0 Å². The summed E-state index contributed by atoms with van der Waals surface area (Å²) >= 11 is 0. The Labute approximate surface area is 180 Å². The standard InChI is InChI=1S/C24H25N3O4/c1-16-10-8-9-11-19(16)14-15-21(28)31-18(3)23(29)25-22-17(2)26(4)27(24(22)30)20-12-6-5-7-13-20/h5-15,18H,1-4H3,(H,25,29)/b15-14+/t18-/m1/s1. The SMILES string of the molecule is Cc1ccccc1/C=C/C(=O)O[C@H](C)C(=O)Nc1c(C)n(C)n(-c2ccccc2)c1=O. The molecule has 2 aromatic carbocycles. The van der Waals surface area contributed by atoms with Crippen LogP contribution in [0, 0.1) is 13.8 Å². The molecule has 0 radical (unpaired) electrons. The minimum absolute atomic E-state index is 0.148. The lowest BCUT2D eigenvalue weighted by atomic mass is 10.1. The Bertz CT molecular complexity index is 1190. The molecule has 1 N–H and O–H groups in total. The third kappa shape index (κ3) is 4.83. The van der Waals surface area contributed by atoms with Crippen LogP contribution in [0.25, 0.3) is 11.8 Å². The van der Waals surface area contributed by atoms with Gasteiger partial charge in [0.05, 0.1) is 11.4 Å². The first-order valence-electron chi connectivity index (χ1n) is 9.88. The lowest BCUT2D eigenvalue weighted by Gasteiger charge is -2.11. The van der Waals surface area contributed by atoms with E-state index >= 15 is 0 Å². The average Bonchev–Trinajstić information content (AvgIpc) is 2.96. The fourth-order valence-corrected chi connectivity index (χ4v) is 3.14. The van der Waals surface area contributed by atoms with E-state index in [0.717, 1.165) is 11.1 Å². The number of benzene rings is 2. The van der Waals surface area contributed by atoms with Crippen molar-refractivity contribution in [3.63, 3.8) is 0 Å². The molecule has 0 bridgehead atoms. The smallest absolute Gasteiger partial charge is 0.331 e. The molecule has 3 aromatic rings. The second-order valence-corrected chi connectivity index (χ2v) is 7.19. The molecule has 0 aliphatic carbocycles. The molecule has 3 rings (SSSR count). The molecule has 0 unspecified atom stereocenters. The highest BCUT2D eigenvalue weighted by atomic mass is 16.5. The first kappa shape index (κ1) is 21.8. The number of anilines is 1. The van der Waals surface area contributed by atoms with Gasteiger partial charge in [0.25, 0.3) is 11.5 Å². The van der Waals surface area contributed by atoms with Crippen LogP contribution in [0.4, 0.5) is 5.69 Å². The Morgan fingerprint density at radius 3 is 2.35 bits per heavy atom. The summed E-state index contributed by atoms with van der Waals surface area (Å²) in [6, 6.07) is 16.7. The molecule has 7 heteroatoms. The number of rotatable bonds is 6. The number of carbonyl (C=O) groups excluding carboxylic acids is 2. The zero-order chi connectivity index (χ0) is 22.5. The maximum absolute atomic E-state index is 12.9. The summed E-state index contributed by atoms with van der Waals surface area (Å²) in [5, 5.41) is 2.60. The van der Waals surface area contributed by atoms with Gasteiger partial charge in [0.2, 0.25) is 0 Å². The number of amides is 1. The lowest BCUT2D eigenvalue weighted by Crippen LogP contribution is -2.31. The Balaban J connectivity index is 1.71. The monoisotopic (exact) mass is 419 g/mol. The van der Waals surface area contributed by atoms with Crippen LogP contribution in [0.2, 0.25) is 0 Å². The minimum Gasteiger partial charge on any atom is -0.449 e. The molecule has 0 aliphatic rings. The van der Waals surface area contributed by atoms with Crippen LogP contribution in [-0.2, 0) is 21.4 Å². The third-order valence-electron chi connectivity index (χ3n) is 5.05. The Morgan fingerprint density at radius 1 is 1.03 bits per heavy atom. The van der Waals surface area contributed by atoms with Crippen molar-refractivity contribution in [3.05, 3.63) is 87.8 Å².